The molecule has 1 N–H and O–H groups in total. The van der Waals surface area contributed by atoms with E-state index in [4.69, 9.17) is 9.47 Å². The van der Waals surface area contributed by atoms with E-state index in [0.29, 0.717) is 6.04 Å². The second-order valence-corrected chi connectivity index (χ2v) is 6.43. The minimum absolute atomic E-state index is 0.175. The second-order valence-electron chi connectivity index (χ2n) is 6.43. The molecule has 1 saturated heterocycles. The average Bonchev–Trinajstić information content (AvgIpc) is 2.33. The van der Waals surface area contributed by atoms with Gasteiger partial charge < -0.3 is 14.8 Å². The number of ether oxygens (including phenoxy) is 2. The predicted molar refractivity (Wildman–Crippen MR) is 75.9 cm³/mol. The number of hydrogen-bond acceptors (Lipinski definition) is 3. The molecule has 1 aliphatic heterocycles. The summed E-state index contributed by atoms with van der Waals surface area (Å²) < 4.78 is 11.4. The number of nitrogens with one attached hydrogen (secondary N) is 1. The monoisotopic (exact) mass is 257 g/mol. The summed E-state index contributed by atoms with van der Waals surface area (Å²) in [6.45, 7) is 11.5. The normalized spacial score (nSPS) is 21.8. The summed E-state index contributed by atoms with van der Waals surface area (Å²) in [5.74, 6) is 0.779. The minimum Gasteiger partial charge on any atom is -0.381 e. The van der Waals surface area contributed by atoms with Gasteiger partial charge in [0, 0.05) is 25.9 Å². The maximum absolute atomic E-state index is 6.01. The Hall–Kier alpha value is -0.120. The molecule has 0 aromatic rings. The highest BCUT2D eigenvalue weighted by atomic mass is 16.5. The van der Waals surface area contributed by atoms with Crippen LogP contribution in [0.5, 0.6) is 0 Å². The van der Waals surface area contributed by atoms with Gasteiger partial charge in [-0.15, -0.1) is 0 Å². The molecule has 18 heavy (non-hydrogen) atoms. The molecule has 3 heteroatoms. The zero-order chi connectivity index (χ0) is 13.6. The molecule has 0 amide bonds. The van der Waals surface area contributed by atoms with Crippen molar-refractivity contribution in [2.75, 3.05) is 26.9 Å². The van der Waals surface area contributed by atoms with Crippen molar-refractivity contribution in [2.24, 2.45) is 11.3 Å². The van der Waals surface area contributed by atoms with Crippen LogP contribution in [0.3, 0.4) is 0 Å². The van der Waals surface area contributed by atoms with Crippen LogP contribution in [0.2, 0.25) is 0 Å². The summed E-state index contributed by atoms with van der Waals surface area (Å²) in [5, 5.41) is 3.47. The maximum atomic E-state index is 6.01. The zero-order valence-electron chi connectivity index (χ0n) is 12.8. The summed E-state index contributed by atoms with van der Waals surface area (Å²) in [4.78, 5) is 0. The Balaban J connectivity index is 2.60. The highest BCUT2D eigenvalue weighted by Gasteiger charge is 2.33. The van der Waals surface area contributed by atoms with E-state index in [1.54, 1.807) is 0 Å². The van der Waals surface area contributed by atoms with Gasteiger partial charge in [0.2, 0.25) is 0 Å². The summed E-state index contributed by atoms with van der Waals surface area (Å²) in [7, 11) is 2.06. The van der Waals surface area contributed by atoms with Gasteiger partial charge in [0.25, 0.3) is 0 Å². The number of hydrogen-bond donors (Lipinski definition) is 1. The molecule has 1 rings (SSSR count). The molecule has 1 heterocycles. The van der Waals surface area contributed by atoms with Crippen molar-refractivity contribution in [2.45, 2.75) is 59.1 Å². The fraction of sp³-hybridized carbons (Fsp3) is 1.00. The van der Waals surface area contributed by atoms with Gasteiger partial charge in [0.1, 0.15) is 0 Å². The Labute approximate surface area is 113 Å². The van der Waals surface area contributed by atoms with Gasteiger partial charge in [-0.1, -0.05) is 20.8 Å². The largest absolute Gasteiger partial charge is 0.381 e. The van der Waals surface area contributed by atoms with Crippen LogP contribution in [-0.4, -0.2) is 39.0 Å². The van der Waals surface area contributed by atoms with Gasteiger partial charge in [-0.25, -0.2) is 0 Å². The lowest BCUT2D eigenvalue weighted by atomic mass is 9.80. The first-order chi connectivity index (χ1) is 8.49. The van der Waals surface area contributed by atoms with Crippen LogP contribution in [0.1, 0.15) is 47.0 Å². The smallest absolute Gasteiger partial charge is 0.0775 e. The molecular weight excluding hydrogens is 226 g/mol. The van der Waals surface area contributed by atoms with Crippen molar-refractivity contribution in [1.29, 1.82) is 0 Å². The first kappa shape index (κ1) is 15.9. The quantitative estimate of drug-likeness (QED) is 0.793. The Morgan fingerprint density at radius 3 is 2.33 bits per heavy atom. The van der Waals surface area contributed by atoms with Crippen molar-refractivity contribution in [3.63, 3.8) is 0 Å². The molecule has 0 saturated carbocycles. The maximum Gasteiger partial charge on any atom is 0.0775 e. The standard InChI is InChI=1S/C15H31NO2/c1-6-18-14(15(2,3)4)13(16-5)11-12-7-9-17-10-8-12/h12-14,16H,6-11H2,1-5H3. The molecule has 2 atom stereocenters. The minimum atomic E-state index is 0.175. The molecule has 0 spiro atoms. The van der Waals surface area contributed by atoms with Crippen LogP contribution >= 0.6 is 0 Å². The molecule has 108 valence electrons. The van der Waals surface area contributed by atoms with Gasteiger partial charge in [0.15, 0.2) is 0 Å². The van der Waals surface area contributed by atoms with Gasteiger partial charge >= 0.3 is 0 Å². The lowest BCUT2D eigenvalue weighted by Gasteiger charge is -2.38. The Morgan fingerprint density at radius 2 is 1.89 bits per heavy atom. The fourth-order valence-electron chi connectivity index (χ4n) is 2.88. The first-order valence-electron chi connectivity index (χ1n) is 7.35. The van der Waals surface area contributed by atoms with E-state index in [-0.39, 0.29) is 11.5 Å². The average molecular weight is 257 g/mol. The lowest BCUT2D eigenvalue weighted by Crippen LogP contribution is -2.48. The van der Waals surface area contributed by atoms with Crippen LogP contribution < -0.4 is 5.32 Å². The summed E-state index contributed by atoms with van der Waals surface area (Å²) in [6, 6.07) is 0.438. The molecule has 0 aromatic carbocycles. The molecule has 2 unspecified atom stereocenters. The highest BCUT2D eigenvalue weighted by Crippen LogP contribution is 2.30. The number of likely N-dealkylation sites (N-methyl/N-ethyl adjacent to an activating group) is 1. The van der Waals surface area contributed by atoms with E-state index in [0.717, 1.165) is 25.7 Å². The van der Waals surface area contributed by atoms with Crippen molar-refractivity contribution in [3.05, 3.63) is 0 Å². The predicted octanol–water partition coefficient (Wildman–Crippen LogP) is 2.84. The van der Waals surface area contributed by atoms with Gasteiger partial charge in [-0.05, 0) is 44.6 Å². The van der Waals surface area contributed by atoms with E-state index in [2.05, 4.69) is 40.1 Å². The van der Waals surface area contributed by atoms with Crippen LogP contribution in [0.4, 0.5) is 0 Å². The summed E-state index contributed by atoms with van der Waals surface area (Å²) >= 11 is 0. The van der Waals surface area contributed by atoms with Crippen molar-refractivity contribution in [1.82, 2.24) is 5.32 Å². The van der Waals surface area contributed by atoms with Gasteiger partial charge in [0.05, 0.1) is 6.10 Å². The molecule has 0 bridgehead atoms. The number of rotatable bonds is 6. The Bertz CT molecular complexity index is 219. The zero-order valence-corrected chi connectivity index (χ0v) is 12.8. The van der Waals surface area contributed by atoms with Crippen molar-refractivity contribution < 1.29 is 9.47 Å². The topological polar surface area (TPSA) is 30.5 Å². The van der Waals surface area contributed by atoms with Crippen LogP contribution in [0.15, 0.2) is 0 Å². The third kappa shape index (κ3) is 4.87. The van der Waals surface area contributed by atoms with E-state index in [9.17, 15) is 0 Å². The Kier molecular flexibility index (Phi) is 6.61. The molecule has 1 aliphatic rings. The van der Waals surface area contributed by atoms with Crippen molar-refractivity contribution in [3.8, 4) is 0 Å². The van der Waals surface area contributed by atoms with Gasteiger partial charge in [-0.3, -0.25) is 0 Å². The Morgan fingerprint density at radius 1 is 1.28 bits per heavy atom. The van der Waals surface area contributed by atoms with Crippen LogP contribution in [0.25, 0.3) is 0 Å². The fourth-order valence-corrected chi connectivity index (χ4v) is 2.88. The summed E-state index contributed by atoms with van der Waals surface area (Å²) in [6.07, 6.45) is 3.86. The van der Waals surface area contributed by atoms with E-state index < -0.39 is 0 Å². The SMILES string of the molecule is CCOC(C(CC1CCOCC1)NC)C(C)(C)C. The second kappa shape index (κ2) is 7.46. The van der Waals surface area contributed by atoms with Crippen molar-refractivity contribution >= 4 is 0 Å². The molecule has 1 fully saturated rings. The highest BCUT2D eigenvalue weighted by molar-refractivity contribution is 4.87. The van der Waals surface area contributed by atoms with E-state index >= 15 is 0 Å². The molecular formula is C15H31NO2. The third-order valence-electron chi connectivity index (χ3n) is 3.86. The van der Waals surface area contributed by atoms with Crippen LogP contribution in [-0.2, 0) is 9.47 Å². The third-order valence-corrected chi connectivity index (χ3v) is 3.86. The molecule has 0 aliphatic carbocycles. The molecule has 0 aromatic heterocycles. The summed E-state index contributed by atoms with van der Waals surface area (Å²) in [5.41, 5.74) is 0.175. The van der Waals surface area contributed by atoms with E-state index in [1.165, 1.54) is 19.3 Å². The lowest BCUT2D eigenvalue weighted by molar-refractivity contribution is -0.0432. The first-order valence-corrected chi connectivity index (χ1v) is 7.35. The molecule has 3 nitrogen and oxygen atoms in total. The van der Waals surface area contributed by atoms with Gasteiger partial charge in [-0.2, -0.15) is 0 Å². The van der Waals surface area contributed by atoms with E-state index in [1.807, 2.05) is 0 Å². The molecule has 0 radical (unpaired) electrons. The van der Waals surface area contributed by atoms with Crippen LogP contribution in [0, 0.1) is 11.3 Å².